The van der Waals surface area contributed by atoms with Crippen LogP contribution in [0.3, 0.4) is 0 Å². The molecule has 118 valence electrons. The van der Waals surface area contributed by atoms with Crippen LogP contribution >= 0.6 is 11.6 Å². The maximum Gasteiger partial charge on any atom is 0.274 e. The van der Waals surface area contributed by atoms with Gasteiger partial charge in [-0.05, 0) is 23.8 Å². The summed E-state index contributed by atoms with van der Waals surface area (Å²) in [5.74, 6) is 0. The van der Waals surface area contributed by atoms with Crippen molar-refractivity contribution >= 4 is 17.2 Å². The number of halogens is 1. The number of benzene rings is 1. The van der Waals surface area contributed by atoms with E-state index in [1.165, 1.54) is 10.6 Å². The molecule has 0 fully saturated rings. The van der Waals surface area contributed by atoms with Crippen LogP contribution in [-0.2, 0) is 0 Å². The smallest absolute Gasteiger partial charge is 0.274 e. The summed E-state index contributed by atoms with van der Waals surface area (Å²) in [6.07, 6.45) is 3.20. The lowest BCUT2D eigenvalue weighted by Crippen LogP contribution is -2.15. The van der Waals surface area contributed by atoms with Crippen LogP contribution < -0.4 is 11.1 Å². The van der Waals surface area contributed by atoms with Gasteiger partial charge in [-0.15, -0.1) is 0 Å². The van der Waals surface area contributed by atoms with Crippen molar-refractivity contribution in [3.63, 3.8) is 0 Å². The fraction of sp³-hybridized carbons (Fsp3) is 0. The van der Waals surface area contributed by atoms with E-state index in [0.29, 0.717) is 27.5 Å². The molecule has 4 aromatic rings. The SMILES string of the molecule is O=c1[nH]n2c(=O)cc(-c3ccc(Cl)cc3)[nH]c2c1-c1cccnc1. The summed E-state index contributed by atoms with van der Waals surface area (Å²) < 4.78 is 1.20. The summed E-state index contributed by atoms with van der Waals surface area (Å²) in [4.78, 5) is 31.9. The molecule has 1 aromatic carbocycles. The summed E-state index contributed by atoms with van der Waals surface area (Å²) in [6, 6.07) is 12.0. The minimum absolute atomic E-state index is 0.332. The van der Waals surface area contributed by atoms with Crippen molar-refractivity contribution in [3.05, 3.63) is 80.6 Å². The summed E-state index contributed by atoms with van der Waals surface area (Å²) >= 11 is 5.90. The number of nitrogens with one attached hydrogen (secondary N) is 2. The Kier molecular flexibility index (Phi) is 3.32. The molecule has 7 heteroatoms. The van der Waals surface area contributed by atoms with Crippen LogP contribution in [0.15, 0.2) is 64.4 Å². The van der Waals surface area contributed by atoms with E-state index < -0.39 is 0 Å². The zero-order valence-corrected chi connectivity index (χ0v) is 13.0. The van der Waals surface area contributed by atoms with Gasteiger partial charge < -0.3 is 4.98 Å². The molecule has 2 N–H and O–H groups in total. The third-order valence-electron chi connectivity index (χ3n) is 3.75. The molecule has 0 atom stereocenters. The molecule has 0 aliphatic rings. The lowest BCUT2D eigenvalue weighted by Gasteiger charge is -2.04. The highest BCUT2D eigenvalue weighted by Gasteiger charge is 2.15. The van der Waals surface area contributed by atoms with E-state index in [1.54, 1.807) is 48.8 Å². The third-order valence-corrected chi connectivity index (χ3v) is 4.00. The lowest BCUT2D eigenvalue weighted by atomic mass is 10.1. The Balaban J connectivity index is 2.02. The maximum absolute atomic E-state index is 12.4. The monoisotopic (exact) mass is 338 g/mol. The number of nitrogens with zero attached hydrogens (tertiary/aromatic N) is 2. The minimum atomic E-state index is -0.357. The molecule has 0 unspecified atom stereocenters. The standard InChI is InChI=1S/C17H11ClN4O2/c18-12-5-3-10(4-6-12)13-8-14(23)22-16(20-13)15(17(24)21-22)11-2-1-7-19-9-11/h1-9,20H,(H,21,24). The van der Waals surface area contributed by atoms with Gasteiger partial charge in [-0.25, -0.2) is 0 Å². The van der Waals surface area contributed by atoms with Crippen molar-refractivity contribution in [3.8, 4) is 22.4 Å². The maximum atomic E-state index is 12.4. The summed E-state index contributed by atoms with van der Waals surface area (Å²) in [5, 5.41) is 3.16. The fourth-order valence-electron chi connectivity index (χ4n) is 2.63. The predicted molar refractivity (Wildman–Crippen MR) is 92.3 cm³/mol. The van der Waals surface area contributed by atoms with Crippen molar-refractivity contribution in [2.75, 3.05) is 0 Å². The van der Waals surface area contributed by atoms with Crippen LogP contribution in [0.1, 0.15) is 0 Å². The van der Waals surface area contributed by atoms with Gasteiger partial charge in [0.2, 0.25) is 0 Å². The number of fused-ring (bicyclic) bond motifs is 1. The molecule has 3 heterocycles. The predicted octanol–water partition coefficient (Wildman–Crippen LogP) is 2.70. The van der Waals surface area contributed by atoms with Gasteiger partial charge in [0.1, 0.15) is 5.65 Å². The van der Waals surface area contributed by atoms with Gasteiger partial charge in [0.15, 0.2) is 0 Å². The van der Waals surface area contributed by atoms with Gasteiger partial charge in [-0.1, -0.05) is 29.8 Å². The minimum Gasteiger partial charge on any atom is -0.339 e. The second-order valence-corrected chi connectivity index (χ2v) is 5.71. The molecule has 24 heavy (non-hydrogen) atoms. The van der Waals surface area contributed by atoms with Gasteiger partial charge >= 0.3 is 0 Å². The summed E-state index contributed by atoms with van der Waals surface area (Å²) in [5.41, 5.74) is 2.10. The van der Waals surface area contributed by atoms with Gasteiger partial charge in [-0.2, -0.15) is 4.52 Å². The second-order valence-electron chi connectivity index (χ2n) is 5.27. The number of hydrogen-bond donors (Lipinski definition) is 2. The zero-order valence-electron chi connectivity index (χ0n) is 12.3. The van der Waals surface area contributed by atoms with E-state index >= 15 is 0 Å². The van der Waals surface area contributed by atoms with Crippen molar-refractivity contribution < 1.29 is 0 Å². The Labute approximate surface area is 140 Å². The Morgan fingerprint density at radius 1 is 1.04 bits per heavy atom. The van der Waals surface area contributed by atoms with E-state index in [2.05, 4.69) is 15.1 Å². The highest BCUT2D eigenvalue weighted by molar-refractivity contribution is 6.30. The van der Waals surface area contributed by atoms with Crippen molar-refractivity contribution in [1.29, 1.82) is 0 Å². The number of H-pyrrole nitrogens is 2. The molecule has 0 radical (unpaired) electrons. The van der Waals surface area contributed by atoms with Crippen molar-refractivity contribution in [2.24, 2.45) is 0 Å². The molecule has 4 rings (SSSR count). The molecule has 0 spiro atoms. The van der Waals surface area contributed by atoms with Crippen LogP contribution in [0.25, 0.3) is 28.0 Å². The second kappa shape index (κ2) is 5.50. The van der Waals surface area contributed by atoms with E-state index in [9.17, 15) is 9.59 Å². The number of pyridine rings is 1. The summed E-state index contributed by atoms with van der Waals surface area (Å²) in [7, 11) is 0. The van der Waals surface area contributed by atoms with E-state index in [-0.39, 0.29) is 11.1 Å². The molecule has 0 aliphatic heterocycles. The largest absolute Gasteiger partial charge is 0.339 e. The highest BCUT2D eigenvalue weighted by Crippen LogP contribution is 2.22. The molecule has 0 saturated heterocycles. The number of rotatable bonds is 2. The molecule has 0 aliphatic carbocycles. The average molecular weight is 339 g/mol. The summed E-state index contributed by atoms with van der Waals surface area (Å²) in [6.45, 7) is 0. The molecular formula is C17H11ClN4O2. The van der Waals surface area contributed by atoms with Gasteiger partial charge in [0, 0.05) is 29.0 Å². The van der Waals surface area contributed by atoms with Crippen LogP contribution in [0.5, 0.6) is 0 Å². The van der Waals surface area contributed by atoms with Crippen LogP contribution in [0.4, 0.5) is 0 Å². The topological polar surface area (TPSA) is 83.0 Å². The van der Waals surface area contributed by atoms with E-state index in [1.807, 2.05) is 0 Å². The normalized spacial score (nSPS) is 11.0. The number of aromatic nitrogens is 4. The van der Waals surface area contributed by atoms with Gasteiger partial charge in [0.25, 0.3) is 11.1 Å². The van der Waals surface area contributed by atoms with Crippen LogP contribution in [-0.4, -0.2) is 19.6 Å². The number of hydrogen-bond acceptors (Lipinski definition) is 3. The van der Waals surface area contributed by atoms with Crippen molar-refractivity contribution in [2.45, 2.75) is 0 Å². The fourth-order valence-corrected chi connectivity index (χ4v) is 2.76. The first-order valence-electron chi connectivity index (χ1n) is 7.18. The van der Waals surface area contributed by atoms with Gasteiger partial charge in [0.05, 0.1) is 11.3 Å². The molecule has 3 aromatic heterocycles. The zero-order chi connectivity index (χ0) is 16.7. The lowest BCUT2D eigenvalue weighted by molar-refractivity contribution is 0.884. The van der Waals surface area contributed by atoms with Crippen LogP contribution in [0.2, 0.25) is 5.02 Å². The quantitative estimate of drug-likeness (QED) is 0.589. The van der Waals surface area contributed by atoms with E-state index in [4.69, 9.17) is 11.6 Å². The molecular weight excluding hydrogens is 328 g/mol. The Hall–Kier alpha value is -3.12. The molecule has 0 saturated carbocycles. The average Bonchev–Trinajstić information content (AvgIpc) is 2.93. The first kappa shape index (κ1) is 14.5. The number of aromatic amines is 2. The molecule has 0 bridgehead atoms. The molecule has 0 amide bonds. The first-order chi connectivity index (χ1) is 11.6. The van der Waals surface area contributed by atoms with Crippen molar-refractivity contribution in [1.82, 2.24) is 19.6 Å². The van der Waals surface area contributed by atoms with E-state index in [0.717, 1.165) is 5.56 Å². The third kappa shape index (κ3) is 2.33. The molecule has 6 nitrogen and oxygen atoms in total. The highest BCUT2D eigenvalue weighted by atomic mass is 35.5. The van der Waals surface area contributed by atoms with Gasteiger partial charge in [-0.3, -0.25) is 19.7 Å². The Morgan fingerprint density at radius 3 is 2.54 bits per heavy atom. The van der Waals surface area contributed by atoms with Crippen LogP contribution in [0, 0.1) is 0 Å². The first-order valence-corrected chi connectivity index (χ1v) is 7.56. The Morgan fingerprint density at radius 2 is 1.83 bits per heavy atom. The Bertz CT molecular complexity index is 1140.